The van der Waals surface area contributed by atoms with E-state index in [0.717, 1.165) is 26.3 Å². The number of ether oxygens (including phenoxy) is 8. The quantitative estimate of drug-likeness (QED) is 0.182. The summed E-state index contributed by atoms with van der Waals surface area (Å²) in [6.07, 6.45) is -6.59. The van der Waals surface area contributed by atoms with Gasteiger partial charge in [-0.15, -0.1) is 11.3 Å². The molecule has 0 aliphatic carbocycles. The van der Waals surface area contributed by atoms with Crippen LogP contribution < -0.4 is 14.2 Å². The van der Waals surface area contributed by atoms with Crippen LogP contribution in [0.4, 0.5) is 0 Å². The van der Waals surface area contributed by atoms with Gasteiger partial charge >= 0.3 is 23.9 Å². The van der Waals surface area contributed by atoms with Crippen molar-refractivity contribution in [3.63, 3.8) is 0 Å². The van der Waals surface area contributed by atoms with Crippen LogP contribution >= 0.6 is 11.3 Å². The summed E-state index contributed by atoms with van der Waals surface area (Å²) in [7, 11) is 0. The van der Waals surface area contributed by atoms with Crippen molar-refractivity contribution in [2.45, 2.75) is 72.2 Å². The Balaban J connectivity index is 1.70. The van der Waals surface area contributed by atoms with Gasteiger partial charge in [0.25, 0.3) is 0 Å². The lowest BCUT2D eigenvalue weighted by Crippen LogP contribution is -2.63. The molecule has 1 aliphatic rings. The second-order valence-electron chi connectivity index (χ2n) is 10.2. The average Bonchev–Trinajstić information content (AvgIpc) is 3.50. The van der Waals surface area contributed by atoms with E-state index in [9.17, 15) is 19.2 Å². The minimum absolute atomic E-state index is 0.298. The minimum Gasteiger partial charge on any atom is -0.490 e. The molecule has 0 saturated carbocycles. The van der Waals surface area contributed by atoms with Gasteiger partial charge in [0.15, 0.2) is 23.7 Å². The zero-order chi connectivity index (χ0) is 34.1. The van der Waals surface area contributed by atoms with Gasteiger partial charge in [-0.05, 0) is 44.2 Å². The van der Waals surface area contributed by atoms with Crippen LogP contribution in [-0.2, 0) is 42.9 Å². The van der Waals surface area contributed by atoms with Gasteiger partial charge in [-0.3, -0.25) is 19.2 Å². The van der Waals surface area contributed by atoms with Crippen molar-refractivity contribution in [2.24, 2.45) is 0 Å². The molecule has 0 N–H and O–H groups in total. The Morgan fingerprint density at radius 1 is 0.766 bits per heavy atom. The number of hydrogen-bond acceptors (Lipinski definition) is 14. The lowest BCUT2D eigenvalue weighted by molar-refractivity contribution is -0.288. The first kappa shape index (κ1) is 35.2. The maximum atomic E-state index is 12.2. The van der Waals surface area contributed by atoms with Crippen molar-refractivity contribution < 1.29 is 57.1 Å². The molecule has 252 valence electrons. The monoisotopic (exact) mass is 671 g/mol. The fourth-order valence-corrected chi connectivity index (χ4v) is 5.72. The molecule has 13 nitrogen and oxygen atoms in total. The number of para-hydroxylation sites is 1. The number of nitrogens with zero attached hydrogens (tertiary/aromatic N) is 1. The summed E-state index contributed by atoms with van der Waals surface area (Å²) >= 11 is 1.41. The third kappa shape index (κ3) is 9.20. The maximum absolute atomic E-state index is 12.2. The summed E-state index contributed by atoms with van der Waals surface area (Å²) in [5.74, 6) is -1.28. The summed E-state index contributed by atoms with van der Waals surface area (Å²) in [6, 6.07) is 12.6. The van der Waals surface area contributed by atoms with E-state index in [1.54, 1.807) is 24.3 Å². The van der Waals surface area contributed by atoms with Crippen LogP contribution in [0.2, 0.25) is 0 Å². The van der Waals surface area contributed by atoms with Gasteiger partial charge in [-0.1, -0.05) is 12.1 Å². The number of carbonyl (C=O) groups excluding carboxylic acids is 4. The van der Waals surface area contributed by atoms with Crippen LogP contribution in [0.5, 0.6) is 17.2 Å². The molecular formula is C33H37NO12S. The van der Waals surface area contributed by atoms with Crippen molar-refractivity contribution in [1.29, 1.82) is 0 Å². The lowest BCUT2D eigenvalue weighted by Gasteiger charge is -2.44. The van der Waals surface area contributed by atoms with Crippen LogP contribution in [0.15, 0.2) is 47.8 Å². The molecule has 1 aliphatic heterocycles. The second-order valence-corrected chi connectivity index (χ2v) is 11.1. The predicted octanol–water partition coefficient (Wildman–Crippen LogP) is 4.74. The largest absolute Gasteiger partial charge is 0.490 e. The third-order valence-corrected chi connectivity index (χ3v) is 7.54. The van der Waals surface area contributed by atoms with Crippen LogP contribution in [0.25, 0.3) is 21.8 Å². The van der Waals surface area contributed by atoms with E-state index in [1.165, 1.54) is 18.3 Å². The van der Waals surface area contributed by atoms with E-state index < -0.39 is 54.6 Å². The molecule has 0 amide bonds. The highest BCUT2D eigenvalue weighted by Crippen LogP contribution is 2.39. The molecular weight excluding hydrogens is 634 g/mol. The summed E-state index contributed by atoms with van der Waals surface area (Å²) in [6.45, 7) is 9.06. The van der Waals surface area contributed by atoms with Crippen LogP contribution in [0.1, 0.15) is 41.5 Å². The number of benzene rings is 2. The Morgan fingerprint density at radius 2 is 1.40 bits per heavy atom. The molecule has 0 spiro atoms. The zero-order valence-electron chi connectivity index (χ0n) is 26.9. The summed E-state index contributed by atoms with van der Waals surface area (Å²) in [5, 5.41) is 2.58. The molecule has 0 bridgehead atoms. The highest BCUT2D eigenvalue weighted by Gasteiger charge is 2.53. The molecule has 2 heterocycles. The van der Waals surface area contributed by atoms with Crippen molar-refractivity contribution in [3.8, 4) is 39.1 Å². The van der Waals surface area contributed by atoms with E-state index in [2.05, 4.69) is 0 Å². The number of carbonyl (C=O) groups is 4. The Labute approximate surface area is 276 Å². The number of thiazole rings is 1. The van der Waals surface area contributed by atoms with Crippen molar-refractivity contribution >= 4 is 35.2 Å². The Bertz CT molecular complexity index is 1570. The molecule has 1 aromatic heterocycles. The topological polar surface area (TPSA) is 155 Å². The Hall–Kier alpha value is -4.69. The lowest BCUT2D eigenvalue weighted by atomic mass is 9.98. The molecule has 2 aromatic carbocycles. The normalized spacial score (nSPS) is 20.4. The summed E-state index contributed by atoms with van der Waals surface area (Å²) < 4.78 is 45.6. The highest BCUT2D eigenvalue weighted by molar-refractivity contribution is 7.13. The number of hydrogen-bond donors (Lipinski definition) is 0. The first-order valence-corrected chi connectivity index (χ1v) is 15.8. The standard InChI is InChI=1S/C33H37NO12S/c1-7-39-26-14-13-22(15-27(26)40-8-2)32-34-24(17-47-32)23-11-9-10-12-25(23)45-33-31(44-21(6)38)30(43-20(5)37)29(42-19(4)36)28(46-33)16-41-18(3)35/h9-15,17,28-31,33H,7-8,16H2,1-6H3/t28-,29-,30+,31-,33-/m1/s1. The van der Waals surface area contributed by atoms with Crippen molar-refractivity contribution in [1.82, 2.24) is 4.98 Å². The molecule has 14 heteroatoms. The van der Waals surface area contributed by atoms with Gasteiger partial charge in [-0.2, -0.15) is 0 Å². The molecule has 47 heavy (non-hydrogen) atoms. The van der Waals surface area contributed by atoms with E-state index in [4.69, 9.17) is 42.9 Å². The van der Waals surface area contributed by atoms with Crippen LogP contribution in [0, 0.1) is 0 Å². The smallest absolute Gasteiger partial charge is 0.303 e. The average molecular weight is 672 g/mol. The SMILES string of the molecule is CCOc1ccc(-c2nc(-c3ccccc3O[C@@H]3O[C@H](COC(C)=O)[C@@H](OC(C)=O)[C@H](OC(C)=O)[C@H]3OC(C)=O)cs2)cc1OCC. The number of rotatable bonds is 13. The number of aromatic nitrogens is 1. The predicted molar refractivity (Wildman–Crippen MR) is 168 cm³/mol. The fourth-order valence-electron chi connectivity index (χ4n) is 4.90. The number of esters is 4. The molecule has 1 fully saturated rings. The molecule has 4 rings (SSSR count). The molecule has 5 atom stereocenters. The van der Waals surface area contributed by atoms with Crippen molar-refractivity contribution in [2.75, 3.05) is 19.8 Å². The van der Waals surface area contributed by atoms with E-state index >= 15 is 0 Å². The highest BCUT2D eigenvalue weighted by atomic mass is 32.1. The first-order chi connectivity index (χ1) is 22.5. The van der Waals surface area contributed by atoms with Gasteiger partial charge in [0.2, 0.25) is 12.4 Å². The van der Waals surface area contributed by atoms with Gasteiger partial charge in [0, 0.05) is 44.2 Å². The van der Waals surface area contributed by atoms with E-state index in [-0.39, 0.29) is 6.61 Å². The van der Waals surface area contributed by atoms with Gasteiger partial charge in [0.05, 0.1) is 18.9 Å². The maximum Gasteiger partial charge on any atom is 0.303 e. The molecule has 0 unspecified atom stereocenters. The Morgan fingerprint density at radius 3 is 2.06 bits per heavy atom. The summed E-state index contributed by atoms with van der Waals surface area (Å²) in [5.41, 5.74) is 1.99. The van der Waals surface area contributed by atoms with Crippen LogP contribution in [-0.4, -0.2) is 79.4 Å². The second kappa shape index (κ2) is 16.2. The van der Waals surface area contributed by atoms with Crippen molar-refractivity contribution in [3.05, 3.63) is 47.8 Å². The van der Waals surface area contributed by atoms with Gasteiger partial charge in [0.1, 0.15) is 23.5 Å². The van der Waals surface area contributed by atoms with E-state index in [0.29, 0.717) is 46.7 Å². The summed E-state index contributed by atoms with van der Waals surface area (Å²) in [4.78, 5) is 53.0. The van der Waals surface area contributed by atoms with Gasteiger partial charge < -0.3 is 37.9 Å². The zero-order valence-corrected chi connectivity index (χ0v) is 27.7. The van der Waals surface area contributed by atoms with Crippen LogP contribution in [0.3, 0.4) is 0 Å². The first-order valence-electron chi connectivity index (χ1n) is 14.9. The minimum atomic E-state index is -1.39. The third-order valence-electron chi connectivity index (χ3n) is 6.65. The molecule has 3 aromatic rings. The molecule has 0 radical (unpaired) electrons. The van der Waals surface area contributed by atoms with Gasteiger partial charge in [-0.25, -0.2) is 4.98 Å². The Kier molecular flexibility index (Phi) is 12.1. The fraction of sp³-hybridized carbons (Fsp3) is 0.424. The molecule has 1 saturated heterocycles. The van der Waals surface area contributed by atoms with E-state index in [1.807, 2.05) is 37.4 Å².